The minimum Gasteiger partial charge on any atom is -0.369 e. The number of carbonyl (C=O) groups excluding carboxylic acids is 2. The first-order valence-electron chi connectivity index (χ1n) is 8.88. The minimum absolute atomic E-state index is 0.117. The number of anilines is 1. The van der Waals surface area contributed by atoms with Crippen molar-refractivity contribution < 1.29 is 18.0 Å². The van der Waals surface area contributed by atoms with Crippen LogP contribution in [0, 0.1) is 13.8 Å². The van der Waals surface area contributed by atoms with E-state index in [2.05, 4.69) is 5.32 Å². The third kappa shape index (κ3) is 5.40. The van der Waals surface area contributed by atoms with Gasteiger partial charge < -0.3 is 11.1 Å². The summed E-state index contributed by atoms with van der Waals surface area (Å²) in [5.74, 6) is -0.884. The largest absolute Gasteiger partial charge is 0.369 e. The second kappa shape index (κ2) is 8.99. The quantitative estimate of drug-likeness (QED) is 0.702. The fourth-order valence-electron chi connectivity index (χ4n) is 2.76. The zero-order valence-corrected chi connectivity index (χ0v) is 17.0. The number of nitrogens with two attached hydrogens (primary N) is 1. The van der Waals surface area contributed by atoms with E-state index in [1.54, 1.807) is 50.2 Å². The molecule has 2 aromatic carbocycles. The molecule has 0 saturated carbocycles. The maximum absolute atomic E-state index is 13.0. The van der Waals surface area contributed by atoms with Gasteiger partial charge in [0.05, 0.1) is 17.9 Å². The molecule has 0 aliphatic rings. The Hall–Kier alpha value is -2.71. The maximum atomic E-state index is 13.0. The highest BCUT2D eigenvalue weighted by Gasteiger charge is 2.26. The number of nitrogens with one attached hydrogen (secondary N) is 1. The van der Waals surface area contributed by atoms with Gasteiger partial charge in [0.2, 0.25) is 21.8 Å². The van der Waals surface area contributed by atoms with Crippen molar-refractivity contribution >= 4 is 27.5 Å². The third-order valence-corrected chi connectivity index (χ3v) is 6.31. The van der Waals surface area contributed by atoms with Crippen LogP contribution >= 0.6 is 0 Å². The number of benzene rings is 2. The molecular weight excluding hydrogens is 378 g/mol. The van der Waals surface area contributed by atoms with E-state index in [1.165, 1.54) is 0 Å². The van der Waals surface area contributed by atoms with E-state index in [4.69, 9.17) is 5.73 Å². The molecule has 7 nitrogen and oxygen atoms in total. The van der Waals surface area contributed by atoms with Gasteiger partial charge in [0.25, 0.3) is 0 Å². The Bertz CT molecular complexity index is 969. The lowest BCUT2D eigenvalue weighted by atomic mass is 10.1. The molecule has 0 aliphatic heterocycles. The summed E-state index contributed by atoms with van der Waals surface area (Å²) in [5.41, 5.74) is 7.87. The summed E-state index contributed by atoms with van der Waals surface area (Å²) in [6, 6.07) is 11.9. The number of hydrogen-bond donors (Lipinski definition) is 2. The smallest absolute Gasteiger partial charge is 0.243 e. The highest BCUT2D eigenvalue weighted by atomic mass is 32.2. The van der Waals surface area contributed by atoms with Crippen molar-refractivity contribution in [1.29, 1.82) is 0 Å². The van der Waals surface area contributed by atoms with Crippen LogP contribution in [0.5, 0.6) is 0 Å². The van der Waals surface area contributed by atoms with E-state index in [1.807, 2.05) is 13.0 Å². The Morgan fingerprint density at radius 3 is 2.29 bits per heavy atom. The molecule has 150 valence electrons. The second-order valence-electron chi connectivity index (χ2n) is 6.59. The summed E-state index contributed by atoms with van der Waals surface area (Å²) in [4.78, 5) is 23.5. The molecule has 3 N–H and O–H groups in total. The van der Waals surface area contributed by atoms with Crippen molar-refractivity contribution in [1.82, 2.24) is 4.31 Å². The Kier molecular flexibility index (Phi) is 6.93. The topological polar surface area (TPSA) is 110 Å². The van der Waals surface area contributed by atoms with Gasteiger partial charge in [0, 0.05) is 12.2 Å². The third-order valence-electron chi connectivity index (χ3n) is 4.25. The number of hydrogen-bond acceptors (Lipinski definition) is 4. The van der Waals surface area contributed by atoms with Crippen LogP contribution in [0.15, 0.2) is 47.4 Å². The summed E-state index contributed by atoms with van der Waals surface area (Å²) in [6.07, 6.45) is 0.117. The van der Waals surface area contributed by atoms with Crippen LogP contribution in [0.25, 0.3) is 0 Å². The highest BCUT2D eigenvalue weighted by Crippen LogP contribution is 2.21. The van der Waals surface area contributed by atoms with Crippen molar-refractivity contribution in [2.24, 2.45) is 5.73 Å². The average molecular weight is 404 g/mol. The standard InChI is InChI=1S/C20H25N3O4S/c1-4-23(28(26,27)18-11-14(2)5-6-15(18)3)13-20(25)22-17-9-7-16(8-10-17)12-19(21)24/h5-11H,4,12-13H2,1-3H3,(H2,21,24)(H,22,25). The molecule has 2 amide bonds. The molecule has 2 aromatic rings. The van der Waals surface area contributed by atoms with Gasteiger partial charge in [-0.25, -0.2) is 8.42 Å². The number of amides is 2. The SMILES string of the molecule is CCN(CC(=O)Nc1ccc(CC(N)=O)cc1)S(=O)(=O)c1cc(C)ccc1C. The van der Waals surface area contributed by atoms with E-state index in [0.29, 0.717) is 11.3 Å². The van der Waals surface area contributed by atoms with E-state index in [-0.39, 0.29) is 24.4 Å². The van der Waals surface area contributed by atoms with E-state index < -0.39 is 21.8 Å². The first kappa shape index (κ1) is 21.6. The molecule has 0 bridgehead atoms. The van der Waals surface area contributed by atoms with Gasteiger partial charge >= 0.3 is 0 Å². The molecule has 0 aliphatic carbocycles. The number of carbonyl (C=O) groups is 2. The fourth-order valence-corrected chi connectivity index (χ4v) is 4.47. The molecule has 0 saturated heterocycles. The summed E-state index contributed by atoms with van der Waals surface area (Å²) < 4.78 is 27.1. The Morgan fingerprint density at radius 1 is 1.07 bits per heavy atom. The Labute approximate surface area is 165 Å². The first-order valence-corrected chi connectivity index (χ1v) is 10.3. The summed E-state index contributed by atoms with van der Waals surface area (Å²) >= 11 is 0. The van der Waals surface area contributed by atoms with Crippen molar-refractivity contribution in [3.8, 4) is 0 Å². The van der Waals surface area contributed by atoms with Gasteiger partial charge in [-0.05, 0) is 48.7 Å². The van der Waals surface area contributed by atoms with Gasteiger partial charge in [0.15, 0.2) is 0 Å². The molecule has 0 fully saturated rings. The second-order valence-corrected chi connectivity index (χ2v) is 8.49. The number of aryl methyl sites for hydroxylation is 2. The molecule has 0 atom stereocenters. The number of likely N-dealkylation sites (N-methyl/N-ethyl adjacent to an activating group) is 1. The zero-order valence-electron chi connectivity index (χ0n) is 16.2. The van der Waals surface area contributed by atoms with Gasteiger partial charge in [-0.3, -0.25) is 9.59 Å². The van der Waals surface area contributed by atoms with Gasteiger partial charge in [-0.15, -0.1) is 0 Å². The number of primary amides is 1. The predicted octanol–water partition coefficient (Wildman–Crippen LogP) is 1.98. The van der Waals surface area contributed by atoms with Crippen molar-refractivity contribution in [3.05, 3.63) is 59.2 Å². The summed E-state index contributed by atoms with van der Waals surface area (Å²) in [6.45, 7) is 5.11. The molecule has 0 heterocycles. The molecule has 28 heavy (non-hydrogen) atoms. The van der Waals surface area contributed by atoms with Crippen LogP contribution in [0.1, 0.15) is 23.6 Å². The van der Waals surface area contributed by atoms with Crippen molar-refractivity contribution in [2.45, 2.75) is 32.1 Å². The lowest BCUT2D eigenvalue weighted by molar-refractivity contribution is -0.117. The number of sulfonamides is 1. The molecular formula is C20H25N3O4S. The van der Waals surface area contributed by atoms with Crippen LogP contribution in [-0.4, -0.2) is 37.6 Å². The highest BCUT2D eigenvalue weighted by molar-refractivity contribution is 7.89. The van der Waals surface area contributed by atoms with Crippen LogP contribution in [-0.2, 0) is 26.0 Å². The van der Waals surface area contributed by atoms with Crippen LogP contribution < -0.4 is 11.1 Å². The van der Waals surface area contributed by atoms with E-state index in [9.17, 15) is 18.0 Å². The maximum Gasteiger partial charge on any atom is 0.243 e. The minimum atomic E-state index is -3.79. The van der Waals surface area contributed by atoms with Gasteiger partial charge in [0.1, 0.15) is 0 Å². The molecule has 2 rings (SSSR count). The van der Waals surface area contributed by atoms with E-state index >= 15 is 0 Å². The predicted molar refractivity (Wildman–Crippen MR) is 108 cm³/mol. The van der Waals surface area contributed by atoms with Crippen LogP contribution in [0.2, 0.25) is 0 Å². The summed E-state index contributed by atoms with van der Waals surface area (Å²) in [7, 11) is -3.79. The summed E-state index contributed by atoms with van der Waals surface area (Å²) in [5, 5.41) is 2.68. The number of rotatable bonds is 8. The monoisotopic (exact) mass is 403 g/mol. The molecule has 0 unspecified atom stereocenters. The van der Waals surface area contributed by atoms with Gasteiger partial charge in [-0.2, -0.15) is 4.31 Å². The lowest BCUT2D eigenvalue weighted by Gasteiger charge is -2.21. The lowest BCUT2D eigenvalue weighted by Crippen LogP contribution is -2.38. The normalized spacial score (nSPS) is 11.4. The molecule has 0 spiro atoms. The van der Waals surface area contributed by atoms with Gasteiger partial charge in [-0.1, -0.05) is 31.2 Å². The van der Waals surface area contributed by atoms with Crippen molar-refractivity contribution in [2.75, 3.05) is 18.4 Å². The average Bonchev–Trinajstić information content (AvgIpc) is 2.62. The zero-order chi connectivity index (χ0) is 20.9. The van der Waals surface area contributed by atoms with Crippen LogP contribution in [0.3, 0.4) is 0 Å². The van der Waals surface area contributed by atoms with Crippen LogP contribution in [0.4, 0.5) is 5.69 Å². The first-order chi connectivity index (χ1) is 13.1. The Morgan fingerprint density at radius 2 is 1.71 bits per heavy atom. The molecule has 0 radical (unpaired) electrons. The van der Waals surface area contributed by atoms with E-state index in [0.717, 1.165) is 15.4 Å². The van der Waals surface area contributed by atoms with Crippen molar-refractivity contribution in [3.63, 3.8) is 0 Å². The number of nitrogens with zero attached hydrogens (tertiary/aromatic N) is 1. The fraction of sp³-hybridized carbons (Fsp3) is 0.300. The molecule has 8 heteroatoms. The molecule has 0 aromatic heterocycles. The Balaban J connectivity index is 2.12.